The highest BCUT2D eigenvalue weighted by Gasteiger charge is 2.27. The SMILES string of the molecule is CCCC/C=C\CCCCCCC(=O)NC(COP(=O)(O)OCC[N+](C)(C)C)C(O)/C=C/CC/C=C/CC/C=C/CCCCCC. The van der Waals surface area contributed by atoms with E-state index in [0.717, 1.165) is 64.2 Å². The summed E-state index contributed by atoms with van der Waals surface area (Å²) >= 11 is 0. The van der Waals surface area contributed by atoms with E-state index in [9.17, 15) is 19.4 Å². The summed E-state index contributed by atoms with van der Waals surface area (Å²) in [5.41, 5.74) is 0. The molecule has 8 nitrogen and oxygen atoms in total. The van der Waals surface area contributed by atoms with Crippen LogP contribution in [0.2, 0.25) is 0 Å². The van der Waals surface area contributed by atoms with E-state index < -0.39 is 20.0 Å². The summed E-state index contributed by atoms with van der Waals surface area (Å²) in [5.74, 6) is -0.211. The van der Waals surface area contributed by atoms with E-state index >= 15 is 0 Å². The van der Waals surface area contributed by atoms with Crippen LogP contribution in [0.3, 0.4) is 0 Å². The topological polar surface area (TPSA) is 105 Å². The highest BCUT2D eigenvalue weighted by Crippen LogP contribution is 2.43. The number of nitrogens with one attached hydrogen (secondary N) is 1. The molecule has 0 aromatic carbocycles. The zero-order valence-electron chi connectivity index (χ0n) is 30.0. The lowest BCUT2D eigenvalue weighted by atomic mass is 10.1. The molecule has 0 saturated carbocycles. The van der Waals surface area contributed by atoms with Gasteiger partial charge in [-0.05, 0) is 64.2 Å². The van der Waals surface area contributed by atoms with Crippen LogP contribution in [0.15, 0.2) is 48.6 Å². The highest BCUT2D eigenvalue weighted by molar-refractivity contribution is 7.47. The molecule has 0 heterocycles. The smallest absolute Gasteiger partial charge is 0.387 e. The maximum Gasteiger partial charge on any atom is 0.472 e. The number of hydrogen-bond donors (Lipinski definition) is 3. The van der Waals surface area contributed by atoms with Crippen molar-refractivity contribution >= 4 is 13.7 Å². The Balaban J connectivity index is 4.70. The molecule has 0 rings (SSSR count). The quantitative estimate of drug-likeness (QED) is 0.0295. The van der Waals surface area contributed by atoms with Crippen LogP contribution in [0.25, 0.3) is 0 Å². The standard InChI is InChI=1S/C37H69N2O6P/c1-6-8-10-12-14-16-18-19-20-21-22-24-26-28-30-36(40)35(34-45-46(42,43)44-33-32-39(3,4)5)38-37(41)31-29-27-25-23-17-15-13-11-9-7-2/h13,15-16,18,21-22,28,30,35-36,40H,6-12,14,17,19-20,23-27,29,31-34H2,1-5H3,(H-,38,41,42,43)/p+1/b15-13-,18-16+,22-21+,30-28+. The lowest BCUT2D eigenvalue weighted by molar-refractivity contribution is -0.870. The zero-order valence-corrected chi connectivity index (χ0v) is 30.9. The van der Waals surface area contributed by atoms with Crippen molar-refractivity contribution < 1.29 is 32.9 Å². The summed E-state index contributed by atoms with van der Waals surface area (Å²) in [6, 6.07) is -0.871. The molecule has 0 saturated heterocycles. The number of carbonyl (C=O) groups is 1. The second-order valence-electron chi connectivity index (χ2n) is 13.2. The van der Waals surface area contributed by atoms with Crippen molar-refractivity contribution in [2.24, 2.45) is 0 Å². The van der Waals surface area contributed by atoms with Gasteiger partial charge in [-0.25, -0.2) is 4.57 Å². The van der Waals surface area contributed by atoms with Gasteiger partial charge < -0.3 is 19.8 Å². The van der Waals surface area contributed by atoms with E-state index in [1.54, 1.807) is 6.08 Å². The van der Waals surface area contributed by atoms with Gasteiger partial charge in [-0.3, -0.25) is 13.8 Å². The molecule has 3 unspecified atom stereocenters. The van der Waals surface area contributed by atoms with Gasteiger partial charge in [-0.2, -0.15) is 0 Å². The Kier molecular flexibility index (Phi) is 28.6. The van der Waals surface area contributed by atoms with E-state index in [-0.39, 0.29) is 19.1 Å². The van der Waals surface area contributed by atoms with Gasteiger partial charge >= 0.3 is 7.82 Å². The van der Waals surface area contributed by atoms with Crippen molar-refractivity contribution in [1.82, 2.24) is 5.32 Å². The molecule has 3 atom stereocenters. The van der Waals surface area contributed by atoms with Crippen LogP contribution in [0.4, 0.5) is 0 Å². The molecule has 46 heavy (non-hydrogen) atoms. The number of likely N-dealkylation sites (N-methyl/N-ethyl adjacent to an activating group) is 1. The number of phosphoric ester groups is 1. The Hall–Kier alpha value is -1.54. The van der Waals surface area contributed by atoms with Crippen LogP contribution in [0, 0.1) is 0 Å². The molecule has 0 spiro atoms. The highest BCUT2D eigenvalue weighted by atomic mass is 31.2. The summed E-state index contributed by atoms with van der Waals surface area (Å²) < 4.78 is 23.3. The van der Waals surface area contributed by atoms with Gasteiger partial charge in [0.15, 0.2) is 0 Å². The van der Waals surface area contributed by atoms with E-state index in [2.05, 4.69) is 55.6 Å². The molecular formula is C37H70N2O6P+. The van der Waals surface area contributed by atoms with Gasteiger partial charge in [0.05, 0.1) is 39.9 Å². The Morgan fingerprint density at radius 2 is 1.22 bits per heavy atom. The minimum atomic E-state index is -4.34. The minimum Gasteiger partial charge on any atom is -0.387 e. The molecule has 3 N–H and O–H groups in total. The minimum absolute atomic E-state index is 0.0497. The van der Waals surface area contributed by atoms with E-state index in [0.29, 0.717) is 17.4 Å². The second-order valence-corrected chi connectivity index (χ2v) is 14.7. The molecule has 268 valence electrons. The molecule has 0 aliphatic heterocycles. The molecule has 9 heteroatoms. The summed E-state index contributed by atoms with van der Waals surface area (Å²) in [6.45, 7) is 4.66. The maximum absolute atomic E-state index is 12.7. The van der Waals surface area contributed by atoms with Crippen molar-refractivity contribution in [2.45, 2.75) is 142 Å². The fourth-order valence-corrected chi connectivity index (χ4v) is 5.26. The number of aliphatic hydroxyl groups is 1. The first-order valence-electron chi connectivity index (χ1n) is 18.0. The van der Waals surface area contributed by atoms with Crippen LogP contribution in [0.1, 0.15) is 129 Å². The number of allylic oxidation sites excluding steroid dienone is 7. The van der Waals surface area contributed by atoms with Crippen molar-refractivity contribution in [2.75, 3.05) is 40.9 Å². The van der Waals surface area contributed by atoms with Crippen molar-refractivity contribution in [3.63, 3.8) is 0 Å². The van der Waals surface area contributed by atoms with Gasteiger partial charge in [-0.15, -0.1) is 0 Å². The van der Waals surface area contributed by atoms with Gasteiger partial charge in [0, 0.05) is 6.42 Å². The number of carbonyl (C=O) groups excluding carboxylic acids is 1. The maximum atomic E-state index is 12.7. The zero-order chi connectivity index (χ0) is 34.4. The van der Waals surface area contributed by atoms with E-state index in [1.165, 1.54) is 44.9 Å². The third-order valence-electron chi connectivity index (χ3n) is 7.50. The summed E-state index contributed by atoms with van der Waals surface area (Å²) in [6.07, 6.45) is 34.7. The third kappa shape index (κ3) is 31.1. The van der Waals surface area contributed by atoms with Crippen LogP contribution in [-0.2, 0) is 18.4 Å². The van der Waals surface area contributed by atoms with Crippen LogP contribution in [0.5, 0.6) is 0 Å². The number of unbranched alkanes of at least 4 members (excludes halogenated alkanes) is 12. The number of amides is 1. The van der Waals surface area contributed by atoms with Crippen molar-refractivity contribution in [1.29, 1.82) is 0 Å². The number of aliphatic hydroxyl groups excluding tert-OH is 1. The van der Waals surface area contributed by atoms with Gasteiger partial charge in [0.1, 0.15) is 13.2 Å². The number of quaternary nitrogens is 1. The average molecular weight is 670 g/mol. The molecule has 0 aromatic heterocycles. The molecule has 0 aliphatic rings. The predicted octanol–water partition coefficient (Wildman–Crippen LogP) is 8.96. The Morgan fingerprint density at radius 1 is 0.717 bits per heavy atom. The molecule has 0 fully saturated rings. The summed E-state index contributed by atoms with van der Waals surface area (Å²) in [4.78, 5) is 22.9. The number of phosphoric acid groups is 1. The summed E-state index contributed by atoms with van der Waals surface area (Å²) in [5, 5.41) is 13.7. The van der Waals surface area contributed by atoms with Crippen LogP contribution < -0.4 is 5.32 Å². The molecule has 0 aromatic rings. The first kappa shape index (κ1) is 44.5. The van der Waals surface area contributed by atoms with Gasteiger partial charge in [0.25, 0.3) is 0 Å². The fraction of sp³-hybridized carbons (Fsp3) is 0.757. The van der Waals surface area contributed by atoms with Crippen molar-refractivity contribution in [3.8, 4) is 0 Å². The van der Waals surface area contributed by atoms with Crippen LogP contribution in [-0.4, -0.2) is 73.4 Å². The average Bonchev–Trinajstić information content (AvgIpc) is 2.99. The third-order valence-corrected chi connectivity index (χ3v) is 8.48. The molecule has 1 amide bonds. The molecular weight excluding hydrogens is 599 g/mol. The van der Waals surface area contributed by atoms with Crippen molar-refractivity contribution in [3.05, 3.63) is 48.6 Å². The lowest BCUT2D eigenvalue weighted by Crippen LogP contribution is -2.45. The molecule has 0 aliphatic carbocycles. The van der Waals surface area contributed by atoms with Gasteiger partial charge in [0.2, 0.25) is 5.91 Å². The Morgan fingerprint density at radius 3 is 1.78 bits per heavy atom. The summed E-state index contributed by atoms with van der Waals surface area (Å²) in [7, 11) is 1.53. The monoisotopic (exact) mass is 669 g/mol. The lowest BCUT2D eigenvalue weighted by Gasteiger charge is -2.25. The Bertz CT molecular complexity index is 897. The predicted molar refractivity (Wildman–Crippen MR) is 194 cm³/mol. The largest absolute Gasteiger partial charge is 0.472 e. The van der Waals surface area contributed by atoms with Gasteiger partial charge in [-0.1, -0.05) is 107 Å². The van der Waals surface area contributed by atoms with E-state index in [4.69, 9.17) is 9.05 Å². The molecule has 0 bridgehead atoms. The second kappa shape index (κ2) is 29.6. The number of nitrogens with zero attached hydrogens (tertiary/aromatic N) is 1. The normalized spacial score (nSPS) is 15.4. The van der Waals surface area contributed by atoms with Crippen LogP contribution >= 0.6 is 7.82 Å². The Labute approximate surface area is 282 Å². The fourth-order valence-electron chi connectivity index (χ4n) is 4.52. The molecule has 0 radical (unpaired) electrons. The van der Waals surface area contributed by atoms with E-state index in [1.807, 2.05) is 27.2 Å². The first-order valence-corrected chi connectivity index (χ1v) is 19.5. The number of rotatable bonds is 31. The first-order chi connectivity index (χ1) is 22.0. The number of hydrogen-bond acceptors (Lipinski definition) is 5.